The zero-order chi connectivity index (χ0) is 17.2. The molecule has 1 aliphatic carbocycles. The second-order valence-electron chi connectivity index (χ2n) is 6.52. The highest BCUT2D eigenvalue weighted by molar-refractivity contribution is 6.04. The third kappa shape index (κ3) is 3.64. The zero-order valence-corrected chi connectivity index (χ0v) is 13.7. The molecule has 1 fully saturated rings. The Hall–Kier alpha value is -2.07. The number of allylic oxidation sites excluding steroid dienone is 1. The molecule has 1 aliphatic rings. The lowest BCUT2D eigenvalue weighted by molar-refractivity contribution is -0.153. The van der Waals surface area contributed by atoms with Gasteiger partial charge in [0.05, 0.1) is 17.4 Å². The average molecular weight is 314 g/mol. The number of carbonyl (C=O) groups excluding carboxylic acids is 3. The molecule has 0 bridgehead atoms. The molecule has 1 saturated carbocycles. The van der Waals surface area contributed by atoms with Crippen molar-refractivity contribution >= 4 is 23.4 Å². The van der Waals surface area contributed by atoms with Gasteiger partial charge in [0, 0.05) is 12.3 Å². The van der Waals surface area contributed by atoms with Crippen LogP contribution >= 0.6 is 0 Å². The molecule has 4 atom stereocenters. The quantitative estimate of drug-likeness (QED) is 0.867. The van der Waals surface area contributed by atoms with E-state index in [0.29, 0.717) is 0 Å². The van der Waals surface area contributed by atoms with Crippen LogP contribution in [-0.4, -0.2) is 28.1 Å². The highest BCUT2D eigenvalue weighted by Gasteiger charge is 2.52. The van der Waals surface area contributed by atoms with Gasteiger partial charge in [0.2, 0.25) is 0 Å². The molecule has 122 valence electrons. The van der Waals surface area contributed by atoms with Crippen LogP contribution in [0, 0.1) is 17.8 Å². The van der Waals surface area contributed by atoms with E-state index in [-0.39, 0.29) is 23.8 Å². The molecule has 4 heteroatoms. The molecule has 0 heterocycles. The normalized spacial score (nSPS) is 31.3. The van der Waals surface area contributed by atoms with E-state index >= 15 is 0 Å². The largest absolute Gasteiger partial charge is 0.389 e. The number of hydrogen-bond donors (Lipinski definition) is 1. The number of carbonyl (C=O) groups is 3. The Morgan fingerprint density at radius 3 is 2.30 bits per heavy atom. The van der Waals surface area contributed by atoms with Crippen LogP contribution < -0.4 is 0 Å². The minimum atomic E-state index is -1.43. The van der Waals surface area contributed by atoms with Gasteiger partial charge in [-0.15, -0.1) is 0 Å². The van der Waals surface area contributed by atoms with Crippen LogP contribution in [-0.2, 0) is 14.4 Å². The SMILES string of the molecule is CC(=O)C1C(=O)CC(C)(O)C(C(C)=O)C1C=Cc1ccccc1. The molecule has 0 aliphatic heterocycles. The first-order valence-corrected chi connectivity index (χ1v) is 7.73. The number of ketones is 3. The molecule has 0 aromatic heterocycles. The van der Waals surface area contributed by atoms with Crippen molar-refractivity contribution in [2.75, 3.05) is 0 Å². The lowest BCUT2D eigenvalue weighted by Gasteiger charge is -2.42. The Morgan fingerprint density at radius 2 is 1.78 bits per heavy atom. The predicted molar refractivity (Wildman–Crippen MR) is 87.6 cm³/mol. The van der Waals surface area contributed by atoms with Gasteiger partial charge in [0.15, 0.2) is 0 Å². The third-order valence-corrected chi connectivity index (χ3v) is 4.51. The maximum absolute atomic E-state index is 12.3. The maximum atomic E-state index is 12.3. The summed E-state index contributed by atoms with van der Waals surface area (Å²) in [6.07, 6.45) is 3.35. The molecule has 0 spiro atoms. The second kappa shape index (κ2) is 6.59. The summed E-state index contributed by atoms with van der Waals surface area (Å²) < 4.78 is 0. The standard InChI is InChI=1S/C19H22O4/c1-12(20)17-15(10-9-14-7-5-4-6-8-14)18(13(2)21)19(3,23)11-16(17)22/h4-10,15,17-18,23H,11H2,1-3H3. The van der Waals surface area contributed by atoms with E-state index in [2.05, 4.69) is 0 Å². The summed E-state index contributed by atoms with van der Waals surface area (Å²) >= 11 is 0. The molecule has 0 saturated heterocycles. The van der Waals surface area contributed by atoms with Crippen molar-refractivity contribution < 1.29 is 19.5 Å². The summed E-state index contributed by atoms with van der Waals surface area (Å²) in [6.45, 7) is 4.26. The topological polar surface area (TPSA) is 71.4 Å². The zero-order valence-electron chi connectivity index (χ0n) is 13.7. The van der Waals surface area contributed by atoms with Gasteiger partial charge in [-0.3, -0.25) is 14.4 Å². The van der Waals surface area contributed by atoms with Gasteiger partial charge < -0.3 is 5.11 Å². The number of aliphatic hydroxyl groups is 1. The first kappa shape index (κ1) is 17.3. The summed E-state index contributed by atoms with van der Waals surface area (Å²) in [5.74, 6) is -3.04. The van der Waals surface area contributed by atoms with Crippen molar-refractivity contribution in [3.63, 3.8) is 0 Å². The van der Waals surface area contributed by atoms with Crippen LogP contribution in [0.2, 0.25) is 0 Å². The lowest BCUT2D eigenvalue weighted by Crippen LogP contribution is -2.54. The minimum Gasteiger partial charge on any atom is -0.389 e. The highest BCUT2D eigenvalue weighted by atomic mass is 16.3. The van der Waals surface area contributed by atoms with Crippen LogP contribution in [0.25, 0.3) is 6.08 Å². The third-order valence-electron chi connectivity index (χ3n) is 4.51. The van der Waals surface area contributed by atoms with Crippen molar-refractivity contribution in [3.05, 3.63) is 42.0 Å². The van der Waals surface area contributed by atoms with Crippen LogP contribution in [0.1, 0.15) is 32.8 Å². The lowest BCUT2D eigenvalue weighted by atomic mass is 9.61. The van der Waals surface area contributed by atoms with E-state index < -0.39 is 23.4 Å². The van der Waals surface area contributed by atoms with Crippen molar-refractivity contribution in [3.8, 4) is 0 Å². The molecule has 4 unspecified atom stereocenters. The number of Topliss-reactive ketones (excluding diaryl/α,β-unsaturated/α-hetero) is 3. The maximum Gasteiger partial charge on any atom is 0.146 e. The molecule has 2 rings (SSSR count). The Labute approximate surface area is 136 Å². The van der Waals surface area contributed by atoms with E-state index in [9.17, 15) is 19.5 Å². The van der Waals surface area contributed by atoms with Gasteiger partial charge in [0.25, 0.3) is 0 Å². The predicted octanol–water partition coefficient (Wildman–Crippen LogP) is 2.45. The molecule has 23 heavy (non-hydrogen) atoms. The smallest absolute Gasteiger partial charge is 0.146 e. The monoisotopic (exact) mass is 314 g/mol. The van der Waals surface area contributed by atoms with Gasteiger partial charge in [-0.25, -0.2) is 0 Å². The van der Waals surface area contributed by atoms with Crippen LogP contribution in [0.5, 0.6) is 0 Å². The second-order valence-corrected chi connectivity index (χ2v) is 6.52. The summed E-state index contributed by atoms with van der Waals surface area (Å²) in [5.41, 5.74) is -0.518. The van der Waals surface area contributed by atoms with E-state index in [0.717, 1.165) is 5.56 Å². The van der Waals surface area contributed by atoms with Gasteiger partial charge in [-0.2, -0.15) is 0 Å². The van der Waals surface area contributed by atoms with Gasteiger partial charge in [0.1, 0.15) is 17.3 Å². The van der Waals surface area contributed by atoms with Crippen molar-refractivity contribution in [2.24, 2.45) is 17.8 Å². The van der Waals surface area contributed by atoms with E-state index in [1.165, 1.54) is 20.8 Å². The Balaban J connectivity index is 2.45. The van der Waals surface area contributed by atoms with Crippen molar-refractivity contribution in [1.82, 2.24) is 0 Å². The Morgan fingerprint density at radius 1 is 1.17 bits per heavy atom. The van der Waals surface area contributed by atoms with Gasteiger partial charge in [-0.05, 0) is 26.3 Å². The number of benzene rings is 1. The Kier molecular flexibility index (Phi) is 4.95. The molecule has 4 nitrogen and oxygen atoms in total. The molecule has 1 aromatic rings. The van der Waals surface area contributed by atoms with Crippen LogP contribution in [0.3, 0.4) is 0 Å². The fourth-order valence-electron chi connectivity index (χ4n) is 3.61. The molecular weight excluding hydrogens is 292 g/mol. The van der Waals surface area contributed by atoms with E-state index in [1.807, 2.05) is 30.3 Å². The van der Waals surface area contributed by atoms with Gasteiger partial charge >= 0.3 is 0 Å². The van der Waals surface area contributed by atoms with E-state index in [4.69, 9.17) is 0 Å². The first-order chi connectivity index (χ1) is 10.7. The molecule has 0 radical (unpaired) electrons. The first-order valence-electron chi connectivity index (χ1n) is 7.73. The van der Waals surface area contributed by atoms with Gasteiger partial charge in [-0.1, -0.05) is 42.5 Å². The summed E-state index contributed by atoms with van der Waals surface area (Å²) in [4.78, 5) is 36.4. The van der Waals surface area contributed by atoms with E-state index in [1.54, 1.807) is 12.2 Å². The van der Waals surface area contributed by atoms with Crippen molar-refractivity contribution in [1.29, 1.82) is 0 Å². The fourth-order valence-corrected chi connectivity index (χ4v) is 3.61. The average Bonchev–Trinajstić information content (AvgIpc) is 2.43. The Bertz CT molecular complexity index is 643. The fraction of sp³-hybridized carbons (Fsp3) is 0.421. The van der Waals surface area contributed by atoms with Crippen molar-refractivity contribution in [2.45, 2.75) is 32.8 Å². The molecule has 0 amide bonds. The van der Waals surface area contributed by atoms with Crippen LogP contribution in [0.15, 0.2) is 36.4 Å². The molecule has 1 aromatic carbocycles. The summed E-state index contributed by atoms with van der Waals surface area (Å²) in [5, 5.41) is 10.6. The number of rotatable bonds is 4. The van der Waals surface area contributed by atoms with Crippen LogP contribution in [0.4, 0.5) is 0 Å². The summed E-state index contributed by atoms with van der Waals surface area (Å²) in [7, 11) is 0. The summed E-state index contributed by atoms with van der Waals surface area (Å²) in [6, 6.07) is 9.44. The minimum absolute atomic E-state index is 0.169. The number of hydrogen-bond acceptors (Lipinski definition) is 4. The molecular formula is C19H22O4. The molecule has 1 N–H and O–H groups in total. The highest BCUT2D eigenvalue weighted by Crippen LogP contribution is 2.41.